The molecule has 1 aromatic carbocycles. The minimum atomic E-state index is -3.75. The van der Waals surface area contributed by atoms with Crippen LogP contribution in [0, 0.1) is 0 Å². The van der Waals surface area contributed by atoms with Gasteiger partial charge in [0.15, 0.2) is 19.7 Å². The fourth-order valence-electron chi connectivity index (χ4n) is 3.14. The van der Waals surface area contributed by atoms with Gasteiger partial charge < -0.3 is 4.74 Å². The molecule has 0 unspecified atom stereocenters. The quantitative estimate of drug-likeness (QED) is 0.765. The summed E-state index contributed by atoms with van der Waals surface area (Å²) in [5, 5.41) is -0.514. The zero-order chi connectivity index (χ0) is 16.7. The average Bonchev–Trinajstić information content (AvgIpc) is 2.85. The summed E-state index contributed by atoms with van der Waals surface area (Å²) in [6.07, 6.45) is 0. The first-order valence-corrected chi connectivity index (χ1v) is 11.1. The Labute approximate surface area is 141 Å². The lowest BCUT2D eigenvalue weighted by Gasteiger charge is -2.34. The molecular formula is C14H18ClNO5S2. The van der Waals surface area contributed by atoms with Crippen LogP contribution in [0.15, 0.2) is 29.2 Å². The minimum Gasteiger partial charge on any atom is -0.379 e. The maximum atomic E-state index is 12.9. The Morgan fingerprint density at radius 1 is 1.09 bits per heavy atom. The van der Waals surface area contributed by atoms with E-state index >= 15 is 0 Å². The Morgan fingerprint density at radius 2 is 1.70 bits per heavy atom. The van der Waals surface area contributed by atoms with E-state index in [1.54, 1.807) is 0 Å². The van der Waals surface area contributed by atoms with Gasteiger partial charge in [0.2, 0.25) is 0 Å². The van der Waals surface area contributed by atoms with E-state index in [9.17, 15) is 16.8 Å². The number of morpholine rings is 1. The van der Waals surface area contributed by atoms with Crippen LogP contribution in [0.25, 0.3) is 0 Å². The summed E-state index contributed by atoms with van der Waals surface area (Å²) >= 11 is 5.80. The Balaban J connectivity index is 1.95. The number of halogens is 1. The number of hydrogen-bond donors (Lipinski definition) is 0. The predicted octanol–water partition coefficient (Wildman–Crippen LogP) is 0.612. The van der Waals surface area contributed by atoms with Gasteiger partial charge in [-0.15, -0.1) is 0 Å². The van der Waals surface area contributed by atoms with Crippen LogP contribution in [0.3, 0.4) is 0 Å². The number of rotatable bonds is 3. The number of benzene rings is 1. The number of ether oxygens (including phenoxy) is 1. The number of sulfone groups is 2. The van der Waals surface area contributed by atoms with E-state index in [0.717, 1.165) is 0 Å². The molecule has 2 aliphatic heterocycles. The largest absolute Gasteiger partial charge is 0.379 e. The fraction of sp³-hybridized carbons (Fsp3) is 0.571. The van der Waals surface area contributed by atoms with E-state index in [1.165, 1.54) is 24.3 Å². The van der Waals surface area contributed by atoms with Crippen molar-refractivity contribution in [3.63, 3.8) is 0 Å². The molecule has 3 rings (SSSR count). The highest BCUT2D eigenvalue weighted by molar-refractivity contribution is 7.96. The molecule has 128 valence electrons. The monoisotopic (exact) mass is 379 g/mol. The molecule has 0 saturated carbocycles. The molecule has 0 radical (unpaired) electrons. The summed E-state index contributed by atoms with van der Waals surface area (Å²) in [7, 11) is -7.13. The van der Waals surface area contributed by atoms with Gasteiger partial charge in [-0.3, -0.25) is 4.90 Å². The third kappa shape index (κ3) is 3.56. The highest BCUT2D eigenvalue weighted by Crippen LogP contribution is 2.30. The molecule has 2 atom stereocenters. The minimum absolute atomic E-state index is 0.113. The van der Waals surface area contributed by atoms with Crippen molar-refractivity contribution in [3.8, 4) is 0 Å². The van der Waals surface area contributed by atoms with E-state index in [-0.39, 0.29) is 16.4 Å². The summed E-state index contributed by atoms with van der Waals surface area (Å²) in [5.74, 6) is -0.454. The lowest BCUT2D eigenvalue weighted by Crippen LogP contribution is -2.50. The Bertz CT molecular complexity index is 770. The van der Waals surface area contributed by atoms with Crippen LogP contribution in [0.2, 0.25) is 5.02 Å². The van der Waals surface area contributed by atoms with E-state index in [2.05, 4.69) is 0 Å². The van der Waals surface area contributed by atoms with Crippen molar-refractivity contribution in [1.29, 1.82) is 0 Å². The zero-order valence-electron chi connectivity index (χ0n) is 12.4. The summed E-state index contributed by atoms with van der Waals surface area (Å²) in [5.41, 5.74) is 0. The highest BCUT2D eigenvalue weighted by atomic mass is 35.5. The molecule has 2 fully saturated rings. The Hall–Kier alpha value is -0.670. The van der Waals surface area contributed by atoms with Crippen molar-refractivity contribution in [2.45, 2.75) is 16.2 Å². The first-order valence-electron chi connectivity index (χ1n) is 7.31. The maximum Gasteiger partial charge on any atom is 0.183 e. The molecule has 2 heterocycles. The van der Waals surface area contributed by atoms with Gasteiger partial charge in [0.05, 0.1) is 34.9 Å². The zero-order valence-corrected chi connectivity index (χ0v) is 14.8. The summed E-state index contributed by atoms with van der Waals surface area (Å²) in [6, 6.07) is 5.34. The first-order chi connectivity index (χ1) is 10.8. The van der Waals surface area contributed by atoms with Crippen molar-refractivity contribution in [1.82, 2.24) is 4.90 Å². The van der Waals surface area contributed by atoms with Crippen molar-refractivity contribution in [2.24, 2.45) is 0 Å². The Kier molecular flexibility index (Phi) is 4.72. The second-order valence-electron chi connectivity index (χ2n) is 5.83. The molecule has 0 aliphatic carbocycles. The third-order valence-corrected chi connectivity index (χ3v) is 8.71. The molecule has 2 aliphatic rings. The van der Waals surface area contributed by atoms with Crippen LogP contribution in [-0.2, 0) is 24.4 Å². The second kappa shape index (κ2) is 6.33. The molecule has 6 nitrogen and oxygen atoms in total. The van der Waals surface area contributed by atoms with Gasteiger partial charge in [0.1, 0.15) is 0 Å². The van der Waals surface area contributed by atoms with Gasteiger partial charge in [-0.1, -0.05) is 11.6 Å². The topological polar surface area (TPSA) is 80.8 Å². The van der Waals surface area contributed by atoms with Gasteiger partial charge >= 0.3 is 0 Å². The van der Waals surface area contributed by atoms with Crippen LogP contribution >= 0.6 is 11.6 Å². The molecule has 0 bridgehead atoms. The molecule has 0 amide bonds. The number of nitrogens with zero attached hydrogens (tertiary/aromatic N) is 1. The predicted molar refractivity (Wildman–Crippen MR) is 87.3 cm³/mol. The average molecular weight is 380 g/mol. The van der Waals surface area contributed by atoms with E-state index in [0.29, 0.717) is 31.3 Å². The molecule has 2 saturated heterocycles. The summed E-state index contributed by atoms with van der Waals surface area (Å²) < 4.78 is 55.3. The summed E-state index contributed by atoms with van der Waals surface area (Å²) in [4.78, 5) is 2.04. The van der Waals surface area contributed by atoms with Crippen LogP contribution in [0.1, 0.15) is 0 Å². The Morgan fingerprint density at radius 3 is 2.30 bits per heavy atom. The van der Waals surface area contributed by atoms with Gasteiger partial charge in [-0.05, 0) is 24.3 Å². The SMILES string of the molecule is O=S1(=O)C[C@H](N2CCOCC2)[C@@H](S(=O)(=O)c2ccc(Cl)cc2)C1. The third-order valence-electron chi connectivity index (χ3n) is 4.33. The fourth-order valence-corrected chi connectivity index (χ4v) is 8.10. The van der Waals surface area contributed by atoms with Gasteiger partial charge in [0, 0.05) is 24.2 Å². The second-order valence-corrected chi connectivity index (χ2v) is 10.6. The van der Waals surface area contributed by atoms with Crippen molar-refractivity contribution < 1.29 is 21.6 Å². The van der Waals surface area contributed by atoms with Crippen molar-refractivity contribution >= 4 is 31.3 Å². The molecule has 0 N–H and O–H groups in total. The molecule has 9 heteroatoms. The van der Waals surface area contributed by atoms with E-state index in [4.69, 9.17) is 16.3 Å². The molecule has 0 aromatic heterocycles. The standard InChI is InChI=1S/C14H18ClNO5S2/c15-11-1-3-12(4-2-11)23(19,20)14-10-22(17,18)9-13(14)16-5-7-21-8-6-16/h1-4,13-14H,5-10H2/t13-,14-/m0/s1. The van der Waals surface area contributed by atoms with Crippen LogP contribution < -0.4 is 0 Å². The van der Waals surface area contributed by atoms with Gasteiger partial charge in [-0.25, -0.2) is 16.8 Å². The summed E-state index contributed by atoms with van der Waals surface area (Å²) in [6.45, 7) is 2.08. The highest BCUT2D eigenvalue weighted by Gasteiger charge is 2.48. The van der Waals surface area contributed by atoms with Crippen molar-refractivity contribution in [3.05, 3.63) is 29.3 Å². The smallest absolute Gasteiger partial charge is 0.183 e. The van der Waals surface area contributed by atoms with E-state index < -0.39 is 31.0 Å². The normalized spacial score (nSPS) is 28.7. The number of hydrogen-bond acceptors (Lipinski definition) is 6. The van der Waals surface area contributed by atoms with E-state index in [1.807, 2.05) is 4.90 Å². The van der Waals surface area contributed by atoms with Gasteiger partial charge in [0.25, 0.3) is 0 Å². The first kappa shape index (κ1) is 17.2. The van der Waals surface area contributed by atoms with Crippen LogP contribution in [0.5, 0.6) is 0 Å². The lowest BCUT2D eigenvalue weighted by molar-refractivity contribution is 0.0222. The lowest BCUT2D eigenvalue weighted by atomic mass is 10.2. The van der Waals surface area contributed by atoms with Crippen LogP contribution in [0.4, 0.5) is 0 Å². The molecule has 1 aromatic rings. The molecule has 23 heavy (non-hydrogen) atoms. The van der Waals surface area contributed by atoms with Crippen LogP contribution in [-0.4, -0.2) is 70.8 Å². The van der Waals surface area contributed by atoms with Gasteiger partial charge in [-0.2, -0.15) is 0 Å². The molecular weight excluding hydrogens is 362 g/mol. The van der Waals surface area contributed by atoms with Crippen molar-refractivity contribution in [2.75, 3.05) is 37.8 Å². The molecule has 0 spiro atoms. The maximum absolute atomic E-state index is 12.9.